The van der Waals surface area contributed by atoms with Gasteiger partial charge in [0.2, 0.25) is 0 Å². The zero-order valence-electron chi connectivity index (χ0n) is 12.1. The smallest absolute Gasteiger partial charge is 0.328 e. The molecule has 9 heteroatoms. The molecule has 23 heavy (non-hydrogen) atoms. The van der Waals surface area contributed by atoms with Crippen molar-refractivity contribution in [1.29, 1.82) is 0 Å². The number of hydrogen-bond acceptors (Lipinski definition) is 5. The summed E-state index contributed by atoms with van der Waals surface area (Å²) < 4.78 is 6.01. The molecule has 0 spiro atoms. The Labute approximate surface area is 129 Å². The van der Waals surface area contributed by atoms with Crippen LogP contribution in [-0.4, -0.2) is 25.7 Å². The lowest BCUT2D eigenvalue weighted by Gasteiger charge is -2.05. The predicted molar refractivity (Wildman–Crippen MR) is 80.4 cm³/mol. The van der Waals surface area contributed by atoms with E-state index in [-0.39, 0.29) is 17.9 Å². The normalized spacial score (nSPS) is 10.7. The zero-order valence-corrected chi connectivity index (χ0v) is 12.1. The zero-order chi connectivity index (χ0) is 16.4. The maximum atomic E-state index is 12.4. The van der Waals surface area contributed by atoms with Crippen LogP contribution in [0, 0.1) is 6.92 Å². The van der Waals surface area contributed by atoms with Gasteiger partial charge in [0.15, 0.2) is 5.82 Å². The second kappa shape index (κ2) is 5.79. The molecule has 1 amide bonds. The summed E-state index contributed by atoms with van der Waals surface area (Å²) in [7, 11) is 0. The van der Waals surface area contributed by atoms with Crippen LogP contribution in [0.2, 0.25) is 0 Å². The van der Waals surface area contributed by atoms with Crippen LogP contribution in [0.25, 0.3) is 0 Å². The van der Waals surface area contributed by atoms with E-state index < -0.39 is 17.2 Å². The van der Waals surface area contributed by atoms with Gasteiger partial charge in [0, 0.05) is 18.0 Å². The summed E-state index contributed by atoms with van der Waals surface area (Å²) in [5.41, 5.74) is -0.776. The average molecular weight is 315 g/mol. The highest BCUT2D eigenvalue weighted by Gasteiger charge is 2.16. The predicted octanol–water partition coefficient (Wildman–Crippen LogP) is 0.462. The van der Waals surface area contributed by atoms with E-state index in [0.29, 0.717) is 5.76 Å². The van der Waals surface area contributed by atoms with Crippen LogP contribution in [0.15, 0.2) is 44.7 Å². The highest BCUT2D eigenvalue weighted by Crippen LogP contribution is 2.05. The van der Waals surface area contributed by atoms with Crippen LogP contribution in [0.5, 0.6) is 0 Å². The van der Waals surface area contributed by atoms with Gasteiger partial charge in [-0.25, -0.2) is 4.79 Å². The Morgan fingerprint density at radius 2 is 2.26 bits per heavy atom. The van der Waals surface area contributed by atoms with Gasteiger partial charge < -0.3 is 14.7 Å². The molecule has 0 radical (unpaired) electrons. The fraction of sp³-hybridized carbons (Fsp3) is 0.143. The molecule has 0 aliphatic carbocycles. The molecule has 0 saturated carbocycles. The number of anilines is 1. The Morgan fingerprint density at radius 1 is 1.43 bits per heavy atom. The lowest BCUT2D eigenvalue weighted by molar-refractivity contribution is 0.102. The Bertz CT molecular complexity index is 948. The number of nitrogens with one attached hydrogen (secondary N) is 3. The van der Waals surface area contributed by atoms with Gasteiger partial charge >= 0.3 is 5.69 Å². The van der Waals surface area contributed by atoms with E-state index in [2.05, 4.69) is 20.5 Å². The molecule has 3 heterocycles. The molecular weight excluding hydrogens is 302 g/mol. The highest BCUT2D eigenvalue weighted by molar-refractivity contribution is 6.03. The lowest BCUT2D eigenvalue weighted by Crippen LogP contribution is -2.39. The van der Waals surface area contributed by atoms with Gasteiger partial charge in [-0.3, -0.25) is 19.3 Å². The van der Waals surface area contributed by atoms with Gasteiger partial charge in [0.1, 0.15) is 11.3 Å². The van der Waals surface area contributed by atoms with Crippen LogP contribution >= 0.6 is 0 Å². The van der Waals surface area contributed by atoms with E-state index in [4.69, 9.17) is 4.42 Å². The summed E-state index contributed by atoms with van der Waals surface area (Å²) in [4.78, 5) is 38.7. The number of amides is 1. The van der Waals surface area contributed by atoms with Crippen molar-refractivity contribution in [2.24, 2.45) is 0 Å². The van der Waals surface area contributed by atoms with Crippen molar-refractivity contribution in [1.82, 2.24) is 19.7 Å². The molecule has 0 unspecified atom stereocenters. The third-order valence-electron chi connectivity index (χ3n) is 3.15. The minimum atomic E-state index is -0.713. The molecule has 9 nitrogen and oxygen atoms in total. The molecule has 3 rings (SSSR count). The van der Waals surface area contributed by atoms with Gasteiger partial charge in [-0.1, -0.05) is 0 Å². The molecular formula is C14H13N5O4. The number of rotatable bonds is 4. The average Bonchev–Trinajstić information content (AvgIpc) is 3.15. The van der Waals surface area contributed by atoms with Crippen molar-refractivity contribution in [3.63, 3.8) is 0 Å². The number of H-pyrrole nitrogens is 2. The molecule has 3 N–H and O–H groups in total. The summed E-state index contributed by atoms with van der Waals surface area (Å²) >= 11 is 0. The molecule has 0 atom stereocenters. The Hall–Kier alpha value is -3.36. The van der Waals surface area contributed by atoms with Crippen molar-refractivity contribution < 1.29 is 9.21 Å². The number of hydrogen-bond donors (Lipinski definition) is 3. The third-order valence-corrected chi connectivity index (χ3v) is 3.15. The van der Waals surface area contributed by atoms with Gasteiger partial charge in [0.25, 0.3) is 11.5 Å². The van der Waals surface area contributed by atoms with E-state index in [9.17, 15) is 14.4 Å². The first-order valence-electron chi connectivity index (χ1n) is 6.73. The van der Waals surface area contributed by atoms with Crippen LogP contribution in [0.3, 0.4) is 0 Å². The molecule has 118 valence electrons. The van der Waals surface area contributed by atoms with Crippen LogP contribution < -0.4 is 16.6 Å². The number of carbonyl (C=O) groups is 1. The van der Waals surface area contributed by atoms with Gasteiger partial charge in [-0.05, 0) is 19.1 Å². The summed E-state index contributed by atoms with van der Waals surface area (Å²) in [6, 6.07) is 4.89. The topological polar surface area (TPSA) is 126 Å². The van der Waals surface area contributed by atoms with E-state index in [0.717, 1.165) is 16.5 Å². The first kappa shape index (κ1) is 14.6. The fourth-order valence-corrected chi connectivity index (χ4v) is 2.04. The van der Waals surface area contributed by atoms with Crippen molar-refractivity contribution in [2.45, 2.75) is 13.5 Å². The molecule has 0 aliphatic heterocycles. The molecule has 3 aromatic rings. The number of carbonyl (C=O) groups excluding carboxylic acids is 1. The van der Waals surface area contributed by atoms with Crippen molar-refractivity contribution in [3.05, 3.63) is 68.5 Å². The Morgan fingerprint density at radius 3 is 2.91 bits per heavy atom. The maximum Gasteiger partial charge on any atom is 0.328 e. The van der Waals surface area contributed by atoms with Crippen molar-refractivity contribution >= 4 is 11.7 Å². The number of aromatic nitrogens is 4. The van der Waals surface area contributed by atoms with Gasteiger partial charge in [-0.2, -0.15) is 5.10 Å². The highest BCUT2D eigenvalue weighted by atomic mass is 16.3. The molecule has 0 fully saturated rings. The lowest BCUT2D eigenvalue weighted by atomic mass is 10.3. The SMILES string of the molecule is Cc1cc(NC(=O)c2c[nH]c(=O)n(Cc3ccco3)c2=O)n[nH]1. The quantitative estimate of drug-likeness (QED) is 0.645. The number of furan rings is 1. The minimum Gasteiger partial charge on any atom is -0.467 e. The molecule has 0 bridgehead atoms. The monoisotopic (exact) mass is 315 g/mol. The molecule has 0 aliphatic rings. The van der Waals surface area contributed by atoms with E-state index in [1.165, 1.54) is 6.26 Å². The van der Waals surface area contributed by atoms with Gasteiger partial charge in [-0.15, -0.1) is 0 Å². The number of nitrogens with zero attached hydrogens (tertiary/aromatic N) is 2. The van der Waals surface area contributed by atoms with Crippen LogP contribution in [0.1, 0.15) is 21.8 Å². The van der Waals surface area contributed by atoms with E-state index in [1.54, 1.807) is 25.1 Å². The first-order chi connectivity index (χ1) is 11.0. The first-order valence-corrected chi connectivity index (χ1v) is 6.73. The fourth-order valence-electron chi connectivity index (χ4n) is 2.04. The summed E-state index contributed by atoms with van der Waals surface area (Å²) in [6.45, 7) is 1.71. The molecule has 3 aromatic heterocycles. The number of aryl methyl sites for hydroxylation is 1. The summed E-state index contributed by atoms with van der Waals surface area (Å²) in [5, 5.41) is 9.02. The largest absolute Gasteiger partial charge is 0.467 e. The Kier molecular flexibility index (Phi) is 3.67. The van der Waals surface area contributed by atoms with E-state index in [1.807, 2.05) is 0 Å². The third kappa shape index (κ3) is 2.98. The van der Waals surface area contributed by atoms with E-state index >= 15 is 0 Å². The maximum absolute atomic E-state index is 12.4. The summed E-state index contributed by atoms with van der Waals surface area (Å²) in [6.07, 6.45) is 2.52. The Balaban J connectivity index is 1.92. The van der Waals surface area contributed by atoms with Crippen molar-refractivity contribution in [3.8, 4) is 0 Å². The van der Waals surface area contributed by atoms with Gasteiger partial charge in [0.05, 0.1) is 12.8 Å². The van der Waals surface area contributed by atoms with Crippen molar-refractivity contribution in [2.75, 3.05) is 5.32 Å². The second-order valence-corrected chi connectivity index (χ2v) is 4.87. The van der Waals surface area contributed by atoms with Crippen LogP contribution in [-0.2, 0) is 6.54 Å². The molecule has 0 aromatic carbocycles. The number of aromatic amines is 2. The molecule has 0 saturated heterocycles. The van der Waals surface area contributed by atoms with Crippen LogP contribution in [0.4, 0.5) is 5.82 Å². The summed E-state index contributed by atoms with van der Waals surface area (Å²) in [5.74, 6) is 0.0553. The standard InChI is InChI=1S/C14H13N5O4/c1-8-5-11(18-17-8)16-12(20)10-6-15-14(22)19(13(10)21)7-9-3-2-4-23-9/h2-6H,7H2,1H3,(H,15,22)(H2,16,17,18,20). The second-order valence-electron chi connectivity index (χ2n) is 4.87. The minimum absolute atomic E-state index is 0.0657.